The Hall–Kier alpha value is -1.92. The number of hydrogen-bond donors (Lipinski definition) is 0. The Balaban J connectivity index is 1.91. The zero-order chi connectivity index (χ0) is 16.4. The smallest absolute Gasteiger partial charge is 0.254 e. The average molecular weight is 318 g/mol. The molecule has 2 aliphatic rings. The summed E-state index contributed by atoms with van der Waals surface area (Å²) in [5.41, 5.74) is 2.00. The number of hydrogen-bond acceptors (Lipinski definition) is 4. The topological polar surface area (TPSA) is 59.1 Å². The van der Waals surface area contributed by atoms with Gasteiger partial charge < -0.3 is 19.3 Å². The first kappa shape index (κ1) is 16.0. The molecule has 2 amide bonds. The Morgan fingerprint density at radius 3 is 2.61 bits per heavy atom. The average Bonchev–Trinajstić information content (AvgIpc) is 2.58. The van der Waals surface area contributed by atoms with Crippen molar-refractivity contribution >= 4 is 11.8 Å². The largest absolute Gasteiger partial charge is 0.378 e. The molecule has 23 heavy (non-hydrogen) atoms. The molecule has 0 bridgehead atoms. The van der Waals surface area contributed by atoms with Crippen LogP contribution in [-0.2, 0) is 19.1 Å². The van der Waals surface area contributed by atoms with Crippen LogP contribution < -0.4 is 0 Å². The Kier molecular flexibility index (Phi) is 4.63. The number of nitrogens with zero attached hydrogens (tertiary/aromatic N) is 2. The summed E-state index contributed by atoms with van der Waals surface area (Å²) in [6.45, 7) is 4.15. The Morgan fingerprint density at radius 1 is 1.22 bits per heavy atom. The molecular formula is C17H22N2O4. The molecule has 3 rings (SSSR count). The van der Waals surface area contributed by atoms with Gasteiger partial charge in [0, 0.05) is 20.1 Å². The first-order valence-electron chi connectivity index (χ1n) is 7.89. The van der Waals surface area contributed by atoms with Gasteiger partial charge in [-0.15, -0.1) is 0 Å². The van der Waals surface area contributed by atoms with E-state index in [-0.39, 0.29) is 18.4 Å². The maximum Gasteiger partial charge on any atom is 0.254 e. The van der Waals surface area contributed by atoms with E-state index in [1.807, 2.05) is 31.2 Å². The maximum absolute atomic E-state index is 12.9. The molecule has 0 aromatic heterocycles. The van der Waals surface area contributed by atoms with Crippen molar-refractivity contribution in [1.29, 1.82) is 0 Å². The third kappa shape index (κ3) is 3.09. The highest BCUT2D eigenvalue weighted by molar-refractivity contribution is 5.86. The van der Waals surface area contributed by atoms with Crippen LogP contribution in [0.3, 0.4) is 0 Å². The molecule has 2 atom stereocenters. The molecule has 0 saturated carbocycles. The first-order chi connectivity index (χ1) is 11.1. The summed E-state index contributed by atoms with van der Waals surface area (Å²) in [7, 11) is 1.74. The zero-order valence-corrected chi connectivity index (χ0v) is 13.5. The Morgan fingerprint density at radius 2 is 1.91 bits per heavy atom. The highest BCUT2D eigenvalue weighted by atomic mass is 16.5. The van der Waals surface area contributed by atoms with E-state index >= 15 is 0 Å². The Bertz CT molecular complexity index is 598. The molecule has 2 unspecified atom stereocenters. The molecule has 1 aromatic rings. The highest BCUT2D eigenvalue weighted by Gasteiger charge is 2.42. The number of ether oxygens (including phenoxy) is 2. The number of likely N-dealkylation sites (N-methyl/N-ethyl adjacent to an activating group) is 1. The summed E-state index contributed by atoms with van der Waals surface area (Å²) in [6.07, 6.45) is -0.670. The van der Waals surface area contributed by atoms with Gasteiger partial charge in [0.1, 0.15) is 6.61 Å². The van der Waals surface area contributed by atoms with Crippen molar-refractivity contribution in [3.63, 3.8) is 0 Å². The van der Waals surface area contributed by atoms with Gasteiger partial charge in [-0.1, -0.05) is 24.3 Å². The summed E-state index contributed by atoms with van der Waals surface area (Å²) < 4.78 is 11.0. The summed E-state index contributed by atoms with van der Waals surface area (Å²) in [6, 6.07) is 7.42. The van der Waals surface area contributed by atoms with Crippen LogP contribution in [0.2, 0.25) is 0 Å². The molecule has 2 aliphatic heterocycles. The fourth-order valence-corrected chi connectivity index (χ4v) is 3.17. The number of amides is 2. The van der Waals surface area contributed by atoms with Crippen LogP contribution in [0, 0.1) is 6.92 Å². The predicted octanol–water partition coefficient (Wildman–Crippen LogP) is 0.752. The van der Waals surface area contributed by atoms with E-state index in [0.717, 1.165) is 11.1 Å². The van der Waals surface area contributed by atoms with Gasteiger partial charge in [0.25, 0.3) is 5.91 Å². The molecule has 0 aliphatic carbocycles. The molecular weight excluding hydrogens is 296 g/mol. The number of morpholine rings is 2. The number of carbonyl (C=O) groups excluding carboxylic acids is 2. The van der Waals surface area contributed by atoms with E-state index in [1.165, 1.54) is 0 Å². The number of aryl methyl sites for hydroxylation is 1. The molecule has 0 spiro atoms. The number of rotatable bonds is 2. The monoisotopic (exact) mass is 318 g/mol. The Labute approximate surface area is 136 Å². The number of carbonyl (C=O) groups is 2. The third-order valence-electron chi connectivity index (χ3n) is 4.56. The second-order valence-corrected chi connectivity index (χ2v) is 5.98. The summed E-state index contributed by atoms with van der Waals surface area (Å²) in [5.74, 6) is -0.176. The van der Waals surface area contributed by atoms with Crippen molar-refractivity contribution in [3.05, 3.63) is 35.4 Å². The van der Waals surface area contributed by atoms with Crippen molar-refractivity contribution in [1.82, 2.24) is 9.80 Å². The molecule has 0 N–H and O–H groups in total. The van der Waals surface area contributed by atoms with E-state index in [1.54, 1.807) is 16.8 Å². The minimum Gasteiger partial charge on any atom is -0.378 e. The lowest BCUT2D eigenvalue weighted by Crippen LogP contribution is -2.55. The van der Waals surface area contributed by atoms with Gasteiger partial charge in [0.15, 0.2) is 6.10 Å². The number of benzene rings is 1. The predicted molar refractivity (Wildman–Crippen MR) is 83.8 cm³/mol. The van der Waals surface area contributed by atoms with E-state index in [4.69, 9.17) is 9.47 Å². The van der Waals surface area contributed by atoms with Crippen molar-refractivity contribution in [2.75, 3.05) is 40.0 Å². The van der Waals surface area contributed by atoms with Gasteiger partial charge in [-0.05, 0) is 18.1 Å². The normalized spacial score (nSPS) is 25.6. The lowest BCUT2D eigenvalue weighted by atomic mass is 9.93. The van der Waals surface area contributed by atoms with E-state index < -0.39 is 12.1 Å². The van der Waals surface area contributed by atoms with Crippen molar-refractivity contribution in [3.8, 4) is 0 Å². The van der Waals surface area contributed by atoms with Gasteiger partial charge in [-0.2, -0.15) is 0 Å². The fourth-order valence-electron chi connectivity index (χ4n) is 3.17. The van der Waals surface area contributed by atoms with Gasteiger partial charge in [0.2, 0.25) is 5.91 Å². The quantitative estimate of drug-likeness (QED) is 0.807. The van der Waals surface area contributed by atoms with Crippen molar-refractivity contribution in [2.45, 2.75) is 19.1 Å². The fraction of sp³-hybridized carbons (Fsp3) is 0.529. The van der Waals surface area contributed by atoms with Gasteiger partial charge in [0.05, 0.1) is 19.3 Å². The summed E-state index contributed by atoms with van der Waals surface area (Å²) in [4.78, 5) is 28.4. The van der Waals surface area contributed by atoms with Crippen molar-refractivity contribution < 1.29 is 19.1 Å². The molecule has 124 valence electrons. The molecule has 2 fully saturated rings. The molecule has 2 saturated heterocycles. The van der Waals surface area contributed by atoms with Gasteiger partial charge in [-0.25, -0.2) is 0 Å². The van der Waals surface area contributed by atoms with Crippen LogP contribution in [0.5, 0.6) is 0 Å². The molecule has 6 nitrogen and oxygen atoms in total. The SMILES string of the molecule is Cc1ccccc1C1C(C(=O)N2CCOCC2)OCC(=O)N1C. The van der Waals surface area contributed by atoms with Crippen LogP contribution in [0.4, 0.5) is 0 Å². The van der Waals surface area contributed by atoms with E-state index in [2.05, 4.69) is 0 Å². The van der Waals surface area contributed by atoms with Crippen LogP contribution >= 0.6 is 0 Å². The second-order valence-electron chi connectivity index (χ2n) is 5.98. The summed E-state index contributed by atoms with van der Waals surface area (Å²) in [5, 5.41) is 0. The minimum atomic E-state index is -0.670. The van der Waals surface area contributed by atoms with Crippen LogP contribution in [-0.4, -0.2) is 67.7 Å². The summed E-state index contributed by atoms with van der Waals surface area (Å²) >= 11 is 0. The lowest BCUT2D eigenvalue weighted by Gasteiger charge is -2.41. The van der Waals surface area contributed by atoms with Crippen molar-refractivity contribution in [2.24, 2.45) is 0 Å². The molecule has 1 aromatic carbocycles. The minimum absolute atomic E-state index is 0.0559. The van der Waals surface area contributed by atoms with E-state index in [9.17, 15) is 9.59 Å². The third-order valence-corrected chi connectivity index (χ3v) is 4.56. The van der Waals surface area contributed by atoms with Gasteiger partial charge in [-0.3, -0.25) is 9.59 Å². The van der Waals surface area contributed by atoms with Crippen LogP contribution in [0.15, 0.2) is 24.3 Å². The maximum atomic E-state index is 12.9. The standard InChI is InChI=1S/C17H22N2O4/c1-12-5-3-4-6-13(12)15-16(23-11-14(20)18(15)2)17(21)19-7-9-22-10-8-19/h3-6,15-16H,7-11H2,1-2H3. The highest BCUT2D eigenvalue weighted by Crippen LogP contribution is 2.32. The first-order valence-corrected chi connectivity index (χ1v) is 7.89. The van der Waals surface area contributed by atoms with E-state index in [0.29, 0.717) is 26.3 Å². The molecule has 2 heterocycles. The van der Waals surface area contributed by atoms with Crippen LogP contribution in [0.25, 0.3) is 0 Å². The second kappa shape index (κ2) is 6.68. The van der Waals surface area contributed by atoms with Crippen LogP contribution in [0.1, 0.15) is 17.2 Å². The molecule has 6 heteroatoms. The lowest BCUT2D eigenvalue weighted by molar-refractivity contribution is -0.169. The zero-order valence-electron chi connectivity index (χ0n) is 13.5. The molecule has 0 radical (unpaired) electrons. The van der Waals surface area contributed by atoms with Gasteiger partial charge >= 0.3 is 0 Å².